The van der Waals surface area contributed by atoms with Crippen molar-refractivity contribution in [1.82, 2.24) is 19.9 Å². The lowest BCUT2D eigenvalue weighted by Crippen LogP contribution is -2.30. The Labute approximate surface area is 173 Å². The van der Waals surface area contributed by atoms with Crippen LogP contribution in [0.3, 0.4) is 0 Å². The zero-order valence-electron chi connectivity index (χ0n) is 16.5. The number of carbonyl (C=O) groups excluding carboxylic acids is 1. The topological polar surface area (TPSA) is 68.5 Å². The molecule has 7 heteroatoms. The molecular formula is C22H22N4O2S. The maximum atomic E-state index is 12.6. The number of nitrogens with one attached hydrogen (secondary N) is 1. The van der Waals surface area contributed by atoms with E-state index in [1.807, 2.05) is 53.8 Å². The van der Waals surface area contributed by atoms with Gasteiger partial charge in [-0.3, -0.25) is 9.20 Å². The Morgan fingerprint density at radius 2 is 1.93 bits per heavy atom. The maximum absolute atomic E-state index is 12.6. The molecule has 0 aliphatic carbocycles. The molecule has 0 fully saturated rings. The molecule has 0 saturated carbocycles. The van der Waals surface area contributed by atoms with E-state index in [9.17, 15) is 4.79 Å². The molecule has 6 nitrogen and oxygen atoms in total. The Hall–Kier alpha value is -3.06. The highest BCUT2D eigenvalue weighted by molar-refractivity contribution is 8.00. The van der Waals surface area contributed by atoms with Gasteiger partial charge in [0.1, 0.15) is 5.75 Å². The number of pyridine rings is 1. The number of benzene rings is 2. The van der Waals surface area contributed by atoms with Crippen molar-refractivity contribution in [3.8, 4) is 5.75 Å². The van der Waals surface area contributed by atoms with Crippen molar-refractivity contribution in [2.75, 3.05) is 7.11 Å². The van der Waals surface area contributed by atoms with Crippen LogP contribution in [0.2, 0.25) is 0 Å². The fraction of sp³-hybridized carbons (Fsp3) is 0.227. The van der Waals surface area contributed by atoms with Crippen LogP contribution < -0.4 is 10.1 Å². The van der Waals surface area contributed by atoms with Crippen LogP contribution in [0.15, 0.2) is 59.8 Å². The number of thioether (sulfide) groups is 1. The number of fused-ring (bicyclic) bond motifs is 3. The number of para-hydroxylation sites is 1. The molecule has 0 saturated heterocycles. The fourth-order valence-electron chi connectivity index (χ4n) is 3.24. The van der Waals surface area contributed by atoms with Gasteiger partial charge in [0.05, 0.1) is 17.9 Å². The Morgan fingerprint density at radius 1 is 1.17 bits per heavy atom. The largest absolute Gasteiger partial charge is 0.497 e. The Kier molecular flexibility index (Phi) is 5.40. The van der Waals surface area contributed by atoms with E-state index in [1.165, 1.54) is 11.8 Å². The molecule has 0 aliphatic heterocycles. The molecule has 0 unspecified atom stereocenters. The summed E-state index contributed by atoms with van der Waals surface area (Å²) < 4.78 is 7.17. The molecule has 29 heavy (non-hydrogen) atoms. The van der Waals surface area contributed by atoms with Crippen LogP contribution in [0.4, 0.5) is 0 Å². The molecule has 0 radical (unpaired) electrons. The first-order valence-corrected chi connectivity index (χ1v) is 10.3. The molecule has 1 amide bonds. The molecule has 4 aromatic rings. The van der Waals surface area contributed by atoms with E-state index in [1.54, 1.807) is 7.11 Å². The van der Waals surface area contributed by atoms with Gasteiger partial charge in [0, 0.05) is 11.9 Å². The van der Waals surface area contributed by atoms with Gasteiger partial charge in [0.2, 0.25) is 5.91 Å². The van der Waals surface area contributed by atoms with Crippen LogP contribution in [0.5, 0.6) is 5.75 Å². The van der Waals surface area contributed by atoms with E-state index in [2.05, 4.69) is 34.6 Å². The first-order valence-electron chi connectivity index (χ1n) is 9.37. The fourth-order valence-corrected chi connectivity index (χ4v) is 4.13. The summed E-state index contributed by atoms with van der Waals surface area (Å²) in [5.74, 6) is 0.754. The number of hydrogen-bond donors (Lipinski definition) is 1. The summed E-state index contributed by atoms with van der Waals surface area (Å²) in [5, 5.41) is 13.2. The molecule has 2 aromatic carbocycles. The standard InChI is InChI=1S/C22H22N4O2S/c1-14-12-20-24-25-22(26(20)19-7-5-4-6-18(14)19)29-15(2)21(27)23-13-16-8-10-17(28-3)11-9-16/h4-12,15H,13H2,1-3H3,(H,23,27)/t15-/m0/s1. The third-order valence-corrected chi connectivity index (χ3v) is 5.89. The van der Waals surface area contributed by atoms with E-state index in [4.69, 9.17) is 4.74 Å². The van der Waals surface area contributed by atoms with Gasteiger partial charge in [-0.25, -0.2) is 0 Å². The minimum atomic E-state index is -0.305. The van der Waals surface area contributed by atoms with Crippen molar-refractivity contribution < 1.29 is 9.53 Å². The van der Waals surface area contributed by atoms with Gasteiger partial charge < -0.3 is 10.1 Å². The van der Waals surface area contributed by atoms with E-state index in [0.29, 0.717) is 11.7 Å². The molecule has 0 spiro atoms. The summed E-state index contributed by atoms with van der Waals surface area (Å²) in [6, 6.07) is 17.8. The summed E-state index contributed by atoms with van der Waals surface area (Å²) in [4.78, 5) is 12.6. The lowest BCUT2D eigenvalue weighted by atomic mass is 10.1. The molecular weight excluding hydrogens is 384 g/mol. The highest BCUT2D eigenvalue weighted by Gasteiger charge is 2.19. The molecule has 2 heterocycles. The first-order chi connectivity index (χ1) is 14.1. The molecule has 4 rings (SSSR count). The minimum absolute atomic E-state index is 0.0426. The Bertz CT molecular complexity index is 1170. The highest BCUT2D eigenvalue weighted by atomic mass is 32.2. The summed E-state index contributed by atoms with van der Waals surface area (Å²) in [6.45, 7) is 4.42. The van der Waals surface area contributed by atoms with Gasteiger partial charge in [-0.2, -0.15) is 0 Å². The van der Waals surface area contributed by atoms with Gasteiger partial charge in [-0.05, 0) is 49.2 Å². The van der Waals surface area contributed by atoms with Crippen LogP contribution in [-0.2, 0) is 11.3 Å². The van der Waals surface area contributed by atoms with Crippen molar-refractivity contribution in [3.63, 3.8) is 0 Å². The zero-order valence-corrected chi connectivity index (χ0v) is 17.4. The third kappa shape index (κ3) is 3.91. The number of aromatic nitrogens is 3. The number of nitrogens with zero attached hydrogens (tertiary/aromatic N) is 3. The van der Waals surface area contributed by atoms with Crippen molar-refractivity contribution in [2.45, 2.75) is 30.8 Å². The average Bonchev–Trinajstić information content (AvgIpc) is 3.15. The molecule has 1 atom stereocenters. The second-order valence-corrected chi connectivity index (χ2v) is 8.15. The smallest absolute Gasteiger partial charge is 0.233 e. The lowest BCUT2D eigenvalue weighted by molar-refractivity contribution is -0.120. The van der Waals surface area contributed by atoms with Gasteiger partial charge in [0.25, 0.3) is 0 Å². The van der Waals surface area contributed by atoms with E-state index < -0.39 is 0 Å². The first kappa shape index (κ1) is 19.3. The highest BCUT2D eigenvalue weighted by Crippen LogP contribution is 2.28. The quantitative estimate of drug-likeness (QED) is 0.490. The second-order valence-electron chi connectivity index (χ2n) is 6.85. The van der Waals surface area contributed by atoms with Crippen LogP contribution in [0, 0.1) is 6.92 Å². The SMILES string of the molecule is COc1ccc(CNC(=O)[C@H](C)Sc2nnc3cc(C)c4ccccc4n23)cc1. The van der Waals surface area contributed by atoms with E-state index in [0.717, 1.165) is 33.4 Å². The lowest BCUT2D eigenvalue weighted by Gasteiger charge is -2.12. The van der Waals surface area contributed by atoms with Crippen LogP contribution >= 0.6 is 11.8 Å². The number of aryl methyl sites for hydroxylation is 1. The second kappa shape index (κ2) is 8.13. The van der Waals surface area contributed by atoms with Gasteiger partial charge in [-0.15, -0.1) is 10.2 Å². The number of rotatable bonds is 6. The summed E-state index contributed by atoms with van der Waals surface area (Å²) >= 11 is 1.41. The van der Waals surface area contributed by atoms with Crippen molar-refractivity contribution >= 4 is 34.2 Å². The molecule has 0 aliphatic rings. The van der Waals surface area contributed by atoms with Crippen LogP contribution in [-0.4, -0.2) is 32.9 Å². The molecule has 0 bridgehead atoms. The zero-order chi connectivity index (χ0) is 20.4. The third-order valence-electron chi connectivity index (χ3n) is 4.85. The van der Waals surface area contributed by atoms with Crippen LogP contribution in [0.1, 0.15) is 18.1 Å². The number of amides is 1. The Balaban J connectivity index is 1.50. The summed E-state index contributed by atoms with van der Waals surface area (Å²) in [7, 11) is 1.63. The normalized spacial score (nSPS) is 12.2. The van der Waals surface area contributed by atoms with Crippen molar-refractivity contribution in [2.24, 2.45) is 0 Å². The van der Waals surface area contributed by atoms with Gasteiger partial charge >= 0.3 is 0 Å². The van der Waals surface area contributed by atoms with E-state index in [-0.39, 0.29) is 11.2 Å². The monoisotopic (exact) mass is 406 g/mol. The maximum Gasteiger partial charge on any atom is 0.233 e. The number of methoxy groups -OCH3 is 1. The molecule has 2 aromatic heterocycles. The number of hydrogen-bond acceptors (Lipinski definition) is 5. The number of ether oxygens (including phenoxy) is 1. The summed E-state index contributed by atoms with van der Waals surface area (Å²) in [6.07, 6.45) is 0. The summed E-state index contributed by atoms with van der Waals surface area (Å²) in [5.41, 5.74) is 4.00. The van der Waals surface area contributed by atoms with Gasteiger partial charge in [-0.1, -0.05) is 42.1 Å². The predicted octanol–water partition coefficient (Wildman–Crippen LogP) is 4.00. The molecule has 148 valence electrons. The predicted molar refractivity (Wildman–Crippen MR) is 115 cm³/mol. The number of carbonyl (C=O) groups is 1. The van der Waals surface area contributed by atoms with Crippen LogP contribution in [0.25, 0.3) is 16.6 Å². The van der Waals surface area contributed by atoms with E-state index >= 15 is 0 Å². The van der Waals surface area contributed by atoms with Crippen molar-refractivity contribution in [3.05, 3.63) is 65.7 Å². The Morgan fingerprint density at radius 3 is 2.69 bits per heavy atom. The molecule has 1 N–H and O–H groups in total. The van der Waals surface area contributed by atoms with Crippen molar-refractivity contribution in [1.29, 1.82) is 0 Å². The minimum Gasteiger partial charge on any atom is -0.497 e. The average molecular weight is 407 g/mol. The van der Waals surface area contributed by atoms with Gasteiger partial charge in [0.15, 0.2) is 10.8 Å².